The fourth-order valence-electron chi connectivity index (χ4n) is 2.96. The van der Waals surface area contributed by atoms with Crippen LogP contribution in [0.4, 0.5) is 4.39 Å². The Morgan fingerprint density at radius 1 is 0.889 bits per heavy atom. The van der Waals surface area contributed by atoms with E-state index in [9.17, 15) is 9.18 Å². The molecule has 27 heavy (non-hydrogen) atoms. The first-order valence-corrected chi connectivity index (χ1v) is 8.59. The van der Waals surface area contributed by atoms with Gasteiger partial charge in [0.2, 0.25) is 0 Å². The first-order chi connectivity index (χ1) is 13.2. The molecule has 0 radical (unpaired) electrons. The van der Waals surface area contributed by atoms with Gasteiger partial charge in [0.15, 0.2) is 5.75 Å². The number of rotatable bonds is 4. The molecule has 0 fully saturated rings. The van der Waals surface area contributed by atoms with E-state index in [0.29, 0.717) is 17.0 Å². The molecule has 0 aliphatic carbocycles. The first-order valence-electron chi connectivity index (χ1n) is 8.59. The maximum atomic E-state index is 13.1. The van der Waals surface area contributed by atoms with Crippen molar-refractivity contribution in [2.75, 3.05) is 0 Å². The van der Waals surface area contributed by atoms with Crippen LogP contribution in [0.2, 0.25) is 0 Å². The van der Waals surface area contributed by atoms with E-state index < -0.39 is 5.97 Å². The van der Waals surface area contributed by atoms with Crippen LogP contribution in [-0.2, 0) is 11.2 Å². The number of esters is 1. The summed E-state index contributed by atoms with van der Waals surface area (Å²) in [6.45, 7) is 0. The van der Waals surface area contributed by atoms with Gasteiger partial charge in [-0.2, -0.15) is 0 Å². The zero-order valence-corrected chi connectivity index (χ0v) is 14.4. The summed E-state index contributed by atoms with van der Waals surface area (Å²) < 4.78 is 18.8. The first kappa shape index (κ1) is 16.9. The summed E-state index contributed by atoms with van der Waals surface area (Å²) >= 11 is 0. The number of hydrogen-bond donors (Lipinski definition) is 0. The van der Waals surface area contributed by atoms with E-state index in [1.807, 2.05) is 54.6 Å². The van der Waals surface area contributed by atoms with Crippen LogP contribution in [0.25, 0.3) is 22.0 Å². The lowest BCUT2D eigenvalue weighted by Gasteiger charge is -2.13. The Balaban J connectivity index is 1.72. The normalized spacial score (nSPS) is 10.7. The van der Waals surface area contributed by atoms with Gasteiger partial charge in [-0.05, 0) is 17.7 Å². The van der Waals surface area contributed by atoms with Crippen LogP contribution in [-0.4, -0.2) is 11.0 Å². The molecule has 4 rings (SSSR count). The molecule has 132 valence electrons. The van der Waals surface area contributed by atoms with Crippen molar-refractivity contribution in [2.24, 2.45) is 0 Å². The van der Waals surface area contributed by atoms with Gasteiger partial charge in [0.05, 0.1) is 6.42 Å². The van der Waals surface area contributed by atoms with E-state index in [1.165, 1.54) is 12.1 Å². The third kappa shape index (κ3) is 3.70. The van der Waals surface area contributed by atoms with E-state index >= 15 is 0 Å². The smallest absolute Gasteiger partial charge is 0.315 e. The molecule has 3 nitrogen and oxygen atoms in total. The molecule has 0 amide bonds. The van der Waals surface area contributed by atoms with Crippen LogP contribution in [0.3, 0.4) is 0 Å². The van der Waals surface area contributed by atoms with E-state index in [4.69, 9.17) is 4.74 Å². The average Bonchev–Trinajstić information content (AvgIpc) is 2.71. The summed E-state index contributed by atoms with van der Waals surface area (Å²) in [4.78, 5) is 17.1. The van der Waals surface area contributed by atoms with Crippen molar-refractivity contribution in [3.8, 4) is 17.0 Å². The maximum Gasteiger partial charge on any atom is 0.315 e. The second kappa shape index (κ2) is 7.38. The third-order valence-electron chi connectivity index (χ3n) is 4.28. The molecule has 0 aliphatic heterocycles. The summed E-state index contributed by atoms with van der Waals surface area (Å²) in [6.07, 6.45) is 1.83. The summed E-state index contributed by atoms with van der Waals surface area (Å²) in [5.41, 5.74) is 2.17. The Bertz CT molecular complexity index is 1090. The average molecular weight is 357 g/mol. The number of nitrogens with zero attached hydrogens (tertiary/aromatic N) is 1. The van der Waals surface area contributed by atoms with Crippen molar-refractivity contribution in [3.63, 3.8) is 0 Å². The molecular formula is C23H16FNO2. The van der Waals surface area contributed by atoms with Crippen LogP contribution < -0.4 is 4.74 Å². The number of carbonyl (C=O) groups is 1. The molecule has 0 N–H and O–H groups in total. The van der Waals surface area contributed by atoms with E-state index in [-0.39, 0.29) is 12.2 Å². The lowest BCUT2D eigenvalue weighted by Crippen LogP contribution is -2.12. The SMILES string of the molecule is O=C(Cc1ccc(F)cc1)Oc1c(-c2ccccc2)ncc2ccccc12. The molecule has 0 saturated heterocycles. The van der Waals surface area contributed by atoms with Gasteiger partial charge in [-0.3, -0.25) is 9.78 Å². The second-order valence-corrected chi connectivity index (χ2v) is 6.17. The molecule has 0 unspecified atom stereocenters. The number of halogens is 1. The van der Waals surface area contributed by atoms with Gasteiger partial charge in [-0.15, -0.1) is 0 Å². The molecule has 4 heteroatoms. The van der Waals surface area contributed by atoms with Gasteiger partial charge in [-0.25, -0.2) is 4.39 Å². The van der Waals surface area contributed by atoms with Crippen molar-refractivity contribution in [3.05, 3.63) is 96.4 Å². The molecule has 0 spiro atoms. The Hall–Kier alpha value is -3.53. The Kier molecular flexibility index (Phi) is 4.62. The maximum absolute atomic E-state index is 13.1. The minimum absolute atomic E-state index is 0.0533. The number of benzene rings is 3. The summed E-state index contributed by atoms with van der Waals surface area (Å²) in [5.74, 6) is -0.319. The van der Waals surface area contributed by atoms with Gasteiger partial charge in [-0.1, -0.05) is 66.7 Å². The molecule has 0 atom stereocenters. The van der Waals surface area contributed by atoms with Gasteiger partial charge >= 0.3 is 5.97 Å². The molecule has 1 aromatic heterocycles. The zero-order valence-electron chi connectivity index (χ0n) is 14.4. The van der Waals surface area contributed by atoms with Crippen LogP contribution >= 0.6 is 0 Å². The number of carbonyl (C=O) groups excluding carboxylic acids is 1. The Morgan fingerprint density at radius 3 is 2.37 bits per heavy atom. The number of pyridine rings is 1. The second-order valence-electron chi connectivity index (χ2n) is 6.17. The molecule has 4 aromatic rings. The zero-order chi connectivity index (χ0) is 18.6. The monoisotopic (exact) mass is 357 g/mol. The van der Waals surface area contributed by atoms with Crippen LogP contribution in [0.15, 0.2) is 85.1 Å². The van der Waals surface area contributed by atoms with E-state index in [0.717, 1.165) is 16.3 Å². The van der Waals surface area contributed by atoms with Crippen molar-refractivity contribution in [1.29, 1.82) is 0 Å². The molecular weight excluding hydrogens is 341 g/mol. The van der Waals surface area contributed by atoms with Crippen molar-refractivity contribution in [1.82, 2.24) is 4.98 Å². The molecule has 0 bridgehead atoms. The van der Waals surface area contributed by atoms with Crippen molar-refractivity contribution in [2.45, 2.75) is 6.42 Å². The highest BCUT2D eigenvalue weighted by Crippen LogP contribution is 2.35. The van der Waals surface area contributed by atoms with Gasteiger partial charge in [0.25, 0.3) is 0 Å². The van der Waals surface area contributed by atoms with E-state index in [1.54, 1.807) is 18.3 Å². The molecule has 1 heterocycles. The quantitative estimate of drug-likeness (QED) is 0.472. The van der Waals surface area contributed by atoms with Crippen LogP contribution in [0.1, 0.15) is 5.56 Å². The fraction of sp³-hybridized carbons (Fsp3) is 0.0435. The highest BCUT2D eigenvalue weighted by molar-refractivity contribution is 5.95. The highest BCUT2D eigenvalue weighted by atomic mass is 19.1. The summed E-state index contributed by atoms with van der Waals surface area (Å²) in [6, 6.07) is 23.1. The van der Waals surface area contributed by atoms with Crippen molar-refractivity contribution >= 4 is 16.7 Å². The number of ether oxygens (including phenoxy) is 1. The standard InChI is InChI=1S/C23H16FNO2/c24-19-12-10-16(11-13-19)14-21(26)27-23-20-9-5-4-8-18(20)15-25-22(23)17-6-2-1-3-7-17/h1-13,15H,14H2. The van der Waals surface area contributed by atoms with Crippen LogP contribution in [0.5, 0.6) is 5.75 Å². The van der Waals surface area contributed by atoms with Gasteiger partial charge in [0, 0.05) is 22.5 Å². The van der Waals surface area contributed by atoms with Crippen molar-refractivity contribution < 1.29 is 13.9 Å². The fourth-order valence-corrected chi connectivity index (χ4v) is 2.96. The number of hydrogen-bond acceptors (Lipinski definition) is 3. The van der Waals surface area contributed by atoms with Crippen LogP contribution in [0, 0.1) is 5.82 Å². The van der Waals surface area contributed by atoms with Gasteiger partial charge in [0.1, 0.15) is 11.5 Å². The highest BCUT2D eigenvalue weighted by Gasteiger charge is 2.16. The minimum Gasteiger partial charge on any atom is -0.423 e. The topological polar surface area (TPSA) is 39.2 Å². The third-order valence-corrected chi connectivity index (χ3v) is 4.28. The van der Waals surface area contributed by atoms with E-state index in [2.05, 4.69) is 4.98 Å². The molecule has 0 aliphatic rings. The number of fused-ring (bicyclic) bond motifs is 1. The van der Waals surface area contributed by atoms with Gasteiger partial charge < -0.3 is 4.74 Å². The Labute approximate surface area is 156 Å². The number of aromatic nitrogens is 1. The lowest BCUT2D eigenvalue weighted by atomic mass is 10.1. The largest absolute Gasteiger partial charge is 0.423 e. The Morgan fingerprint density at radius 2 is 1.59 bits per heavy atom. The predicted molar refractivity (Wildman–Crippen MR) is 103 cm³/mol. The molecule has 0 saturated carbocycles. The minimum atomic E-state index is -0.419. The lowest BCUT2D eigenvalue weighted by molar-refractivity contribution is -0.133. The summed E-state index contributed by atoms with van der Waals surface area (Å²) in [7, 11) is 0. The molecule has 3 aromatic carbocycles. The summed E-state index contributed by atoms with van der Waals surface area (Å²) in [5, 5.41) is 1.71. The predicted octanol–water partition coefficient (Wildman–Crippen LogP) is 5.19.